The van der Waals surface area contributed by atoms with E-state index >= 15 is 0 Å². The summed E-state index contributed by atoms with van der Waals surface area (Å²) in [6, 6.07) is 5.17. The van der Waals surface area contributed by atoms with Crippen molar-refractivity contribution in [3.8, 4) is 6.07 Å². The summed E-state index contributed by atoms with van der Waals surface area (Å²) in [5.74, 6) is -1.57. The van der Waals surface area contributed by atoms with Gasteiger partial charge < -0.3 is 10.6 Å². The van der Waals surface area contributed by atoms with E-state index < -0.39 is 11.8 Å². The van der Waals surface area contributed by atoms with E-state index in [1.165, 1.54) is 0 Å². The highest BCUT2D eigenvalue weighted by molar-refractivity contribution is 6.35. The van der Waals surface area contributed by atoms with Gasteiger partial charge in [-0.15, -0.1) is 0 Å². The van der Waals surface area contributed by atoms with Crippen LogP contribution in [0.5, 0.6) is 0 Å². The number of hydrogen-bond acceptors (Lipinski definition) is 4. The number of hydrogen-bond donors (Lipinski definition) is 2. The standard InChI is InChI=1S/C10H10N4O2/c11-3-6-13-9(15)10(16)14-7-8-1-4-12-5-2-8/h1-2,4-5H,6-7H2,(H,13,15)(H,14,16). The van der Waals surface area contributed by atoms with E-state index in [0.717, 1.165) is 5.56 Å². The maximum atomic E-state index is 11.2. The van der Waals surface area contributed by atoms with Crippen molar-refractivity contribution in [1.82, 2.24) is 15.6 Å². The van der Waals surface area contributed by atoms with Crippen LogP contribution in [-0.4, -0.2) is 23.3 Å². The Hall–Kier alpha value is -2.42. The molecule has 0 spiro atoms. The van der Waals surface area contributed by atoms with Crippen molar-refractivity contribution in [1.29, 1.82) is 5.26 Å². The van der Waals surface area contributed by atoms with Gasteiger partial charge in [-0.2, -0.15) is 5.26 Å². The third-order valence-electron chi connectivity index (χ3n) is 1.74. The van der Waals surface area contributed by atoms with Crippen LogP contribution in [0.2, 0.25) is 0 Å². The van der Waals surface area contributed by atoms with Gasteiger partial charge in [0, 0.05) is 18.9 Å². The minimum atomic E-state index is -0.810. The van der Waals surface area contributed by atoms with Crippen molar-refractivity contribution in [2.24, 2.45) is 0 Å². The third-order valence-corrected chi connectivity index (χ3v) is 1.74. The molecule has 0 bridgehead atoms. The average Bonchev–Trinajstić information content (AvgIpc) is 2.34. The number of carbonyl (C=O) groups excluding carboxylic acids is 2. The quantitative estimate of drug-likeness (QED) is 0.520. The number of rotatable bonds is 3. The zero-order chi connectivity index (χ0) is 11.8. The van der Waals surface area contributed by atoms with Gasteiger partial charge in [-0.1, -0.05) is 0 Å². The smallest absolute Gasteiger partial charge is 0.310 e. The molecular weight excluding hydrogens is 208 g/mol. The molecule has 0 radical (unpaired) electrons. The number of nitrogens with zero attached hydrogens (tertiary/aromatic N) is 2. The highest BCUT2D eigenvalue weighted by Gasteiger charge is 2.11. The van der Waals surface area contributed by atoms with Crippen LogP contribution in [0.1, 0.15) is 5.56 Å². The first-order chi connectivity index (χ1) is 7.74. The zero-order valence-electron chi connectivity index (χ0n) is 8.43. The fourth-order valence-electron chi connectivity index (χ4n) is 0.963. The summed E-state index contributed by atoms with van der Waals surface area (Å²) in [7, 11) is 0. The number of nitriles is 1. The summed E-state index contributed by atoms with van der Waals surface area (Å²) in [6.07, 6.45) is 3.19. The molecule has 16 heavy (non-hydrogen) atoms. The molecule has 0 aliphatic carbocycles. The zero-order valence-corrected chi connectivity index (χ0v) is 8.43. The molecule has 82 valence electrons. The Morgan fingerprint density at radius 1 is 1.25 bits per heavy atom. The van der Waals surface area contributed by atoms with Crippen LogP contribution < -0.4 is 10.6 Å². The van der Waals surface area contributed by atoms with Gasteiger partial charge in [-0.05, 0) is 17.7 Å². The lowest BCUT2D eigenvalue weighted by molar-refractivity contribution is -0.139. The van der Waals surface area contributed by atoms with Crippen molar-refractivity contribution >= 4 is 11.8 Å². The van der Waals surface area contributed by atoms with E-state index in [1.54, 1.807) is 30.6 Å². The van der Waals surface area contributed by atoms with Crippen LogP contribution in [0.25, 0.3) is 0 Å². The number of amides is 2. The summed E-state index contributed by atoms with van der Waals surface area (Å²) in [4.78, 5) is 26.0. The van der Waals surface area contributed by atoms with Crippen molar-refractivity contribution < 1.29 is 9.59 Å². The Morgan fingerprint density at radius 2 is 1.88 bits per heavy atom. The molecule has 1 aromatic rings. The van der Waals surface area contributed by atoms with Gasteiger partial charge in [-0.3, -0.25) is 14.6 Å². The van der Waals surface area contributed by atoms with Crippen molar-refractivity contribution in [2.75, 3.05) is 6.54 Å². The van der Waals surface area contributed by atoms with Crippen molar-refractivity contribution in [3.05, 3.63) is 30.1 Å². The molecule has 0 atom stereocenters. The Balaban J connectivity index is 2.36. The summed E-state index contributed by atoms with van der Waals surface area (Å²) in [5.41, 5.74) is 0.844. The first kappa shape index (κ1) is 11.7. The van der Waals surface area contributed by atoms with E-state index in [4.69, 9.17) is 5.26 Å². The van der Waals surface area contributed by atoms with Crippen LogP contribution in [-0.2, 0) is 16.1 Å². The molecule has 2 amide bonds. The number of carbonyl (C=O) groups is 2. The topological polar surface area (TPSA) is 94.9 Å². The van der Waals surface area contributed by atoms with Gasteiger partial charge in [0.25, 0.3) is 0 Å². The number of nitrogens with one attached hydrogen (secondary N) is 2. The minimum Gasteiger partial charge on any atom is -0.344 e. The Bertz CT molecular complexity index is 411. The third kappa shape index (κ3) is 3.75. The molecule has 1 heterocycles. The first-order valence-electron chi connectivity index (χ1n) is 4.56. The maximum absolute atomic E-state index is 11.2. The number of pyridine rings is 1. The van der Waals surface area contributed by atoms with E-state index in [1.807, 2.05) is 0 Å². The lowest BCUT2D eigenvalue weighted by Crippen LogP contribution is -2.39. The molecule has 0 aliphatic heterocycles. The molecule has 0 unspecified atom stereocenters. The van der Waals surface area contributed by atoms with Crippen LogP contribution in [0.3, 0.4) is 0 Å². The highest BCUT2D eigenvalue weighted by atomic mass is 16.2. The predicted octanol–water partition coefficient (Wildman–Crippen LogP) is -0.662. The van der Waals surface area contributed by atoms with Gasteiger partial charge in [0.1, 0.15) is 6.54 Å². The lowest BCUT2D eigenvalue weighted by Gasteiger charge is -2.03. The Labute approximate surface area is 92.3 Å². The van der Waals surface area contributed by atoms with E-state index in [0.29, 0.717) is 0 Å². The molecule has 0 saturated heterocycles. The van der Waals surface area contributed by atoms with Gasteiger partial charge in [-0.25, -0.2) is 0 Å². The predicted molar refractivity (Wildman–Crippen MR) is 54.7 cm³/mol. The van der Waals surface area contributed by atoms with Gasteiger partial charge in [0.2, 0.25) is 0 Å². The molecule has 2 N–H and O–H groups in total. The Morgan fingerprint density at radius 3 is 2.50 bits per heavy atom. The molecule has 0 saturated carbocycles. The van der Waals surface area contributed by atoms with E-state index in [9.17, 15) is 9.59 Å². The first-order valence-corrected chi connectivity index (χ1v) is 4.56. The van der Waals surface area contributed by atoms with Crippen LogP contribution in [0.15, 0.2) is 24.5 Å². The van der Waals surface area contributed by atoms with Crippen LogP contribution >= 0.6 is 0 Å². The second kappa shape index (κ2) is 6.14. The van der Waals surface area contributed by atoms with Gasteiger partial charge in [0.15, 0.2) is 0 Å². The normalized spacial score (nSPS) is 8.94. The number of aromatic nitrogens is 1. The van der Waals surface area contributed by atoms with Gasteiger partial charge in [0.05, 0.1) is 6.07 Å². The Kier molecular flexibility index (Phi) is 4.47. The summed E-state index contributed by atoms with van der Waals surface area (Å²) < 4.78 is 0. The van der Waals surface area contributed by atoms with E-state index in [-0.39, 0.29) is 13.1 Å². The second-order valence-corrected chi connectivity index (χ2v) is 2.88. The largest absolute Gasteiger partial charge is 0.344 e. The SMILES string of the molecule is N#CCNC(=O)C(=O)NCc1ccncc1. The second-order valence-electron chi connectivity index (χ2n) is 2.88. The molecule has 1 rings (SSSR count). The average molecular weight is 218 g/mol. The molecule has 0 aliphatic rings. The highest BCUT2D eigenvalue weighted by Crippen LogP contribution is 1.94. The molecule has 6 nitrogen and oxygen atoms in total. The van der Waals surface area contributed by atoms with Crippen LogP contribution in [0.4, 0.5) is 0 Å². The fraction of sp³-hybridized carbons (Fsp3) is 0.200. The molecular formula is C10H10N4O2. The van der Waals surface area contributed by atoms with E-state index in [2.05, 4.69) is 15.6 Å². The monoisotopic (exact) mass is 218 g/mol. The summed E-state index contributed by atoms with van der Waals surface area (Å²) in [6.45, 7) is 0.0723. The van der Waals surface area contributed by atoms with Crippen molar-refractivity contribution in [2.45, 2.75) is 6.54 Å². The summed E-state index contributed by atoms with van der Waals surface area (Å²) >= 11 is 0. The lowest BCUT2D eigenvalue weighted by atomic mass is 10.3. The molecule has 0 aromatic carbocycles. The maximum Gasteiger partial charge on any atom is 0.310 e. The summed E-state index contributed by atoms with van der Waals surface area (Å²) in [5, 5.41) is 12.8. The molecule has 6 heteroatoms. The van der Waals surface area contributed by atoms with Crippen molar-refractivity contribution in [3.63, 3.8) is 0 Å². The van der Waals surface area contributed by atoms with Crippen LogP contribution in [0, 0.1) is 11.3 Å². The van der Waals surface area contributed by atoms with Gasteiger partial charge >= 0.3 is 11.8 Å². The molecule has 0 fully saturated rings. The fourth-order valence-corrected chi connectivity index (χ4v) is 0.963. The molecule has 1 aromatic heterocycles. The minimum absolute atomic E-state index is 0.179.